The van der Waals surface area contributed by atoms with Gasteiger partial charge in [-0.3, -0.25) is 9.69 Å². The fraction of sp³-hybridized carbons (Fsp3) is 0.643. The summed E-state index contributed by atoms with van der Waals surface area (Å²) in [5, 5.41) is 6.64. The van der Waals surface area contributed by atoms with E-state index in [2.05, 4.69) is 10.5 Å². The number of nitrogens with one attached hydrogen (secondary N) is 1. The number of aryl methyl sites for hydroxylation is 1. The molecular weight excluding hydrogens is 258 g/mol. The van der Waals surface area contributed by atoms with Gasteiger partial charge in [0.2, 0.25) is 0 Å². The van der Waals surface area contributed by atoms with E-state index < -0.39 is 5.54 Å². The van der Waals surface area contributed by atoms with Crippen molar-refractivity contribution in [3.05, 3.63) is 17.5 Å². The number of nitrogens with zero attached hydrogens (tertiary/aromatic N) is 2. The van der Waals surface area contributed by atoms with Crippen LogP contribution < -0.4 is 5.32 Å². The van der Waals surface area contributed by atoms with Crippen LogP contribution >= 0.6 is 0 Å². The number of urea groups is 1. The summed E-state index contributed by atoms with van der Waals surface area (Å²) in [5.41, 5.74) is -0.00391. The Labute approximate surface area is 118 Å². The van der Waals surface area contributed by atoms with Crippen molar-refractivity contribution in [1.29, 1.82) is 0 Å². The van der Waals surface area contributed by atoms with E-state index in [4.69, 9.17) is 4.52 Å². The molecule has 0 aromatic carbocycles. The minimum atomic E-state index is -0.740. The Kier molecular flexibility index (Phi) is 4.11. The third-order valence-electron chi connectivity index (χ3n) is 3.59. The van der Waals surface area contributed by atoms with E-state index in [-0.39, 0.29) is 18.5 Å². The smallest absolute Gasteiger partial charge is 0.325 e. The number of aromatic nitrogens is 1. The highest BCUT2D eigenvalue weighted by Crippen LogP contribution is 2.29. The lowest BCUT2D eigenvalue weighted by molar-refractivity contribution is -0.132. The molecule has 1 aliphatic rings. The van der Waals surface area contributed by atoms with E-state index in [1.807, 2.05) is 13.8 Å². The standard InChI is InChI=1S/C14H21N3O3/c1-4-6-14(7-5-2)12(18)17(13(19)15-14)9-11-8-10(3)16-20-11/h8H,4-7,9H2,1-3H3,(H,15,19). The van der Waals surface area contributed by atoms with Crippen LogP contribution in [-0.2, 0) is 11.3 Å². The Bertz CT molecular complexity index is 504. The second-order valence-corrected chi connectivity index (χ2v) is 5.34. The lowest BCUT2D eigenvalue weighted by atomic mass is 9.88. The zero-order valence-corrected chi connectivity index (χ0v) is 12.2. The van der Waals surface area contributed by atoms with Crippen LogP contribution in [0.4, 0.5) is 4.79 Å². The molecule has 0 bridgehead atoms. The molecule has 2 heterocycles. The van der Waals surface area contributed by atoms with Crippen LogP contribution in [0.15, 0.2) is 10.6 Å². The molecular formula is C14H21N3O3. The molecule has 6 heteroatoms. The Morgan fingerprint density at radius 1 is 1.30 bits per heavy atom. The molecule has 1 saturated heterocycles. The van der Waals surface area contributed by atoms with Gasteiger partial charge in [-0.15, -0.1) is 0 Å². The summed E-state index contributed by atoms with van der Waals surface area (Å²) < 4.78 is 5.09. The highest BCUT2D eigenvalue weighted by Gasteiger charge is 2.49. The van der Waals surface area contributed by atoms with Gasteiger partial charge < -0.3 is 9.84 Å². The largest absolute Gasteiger partial charge is 0.359 e. The van der Waals surface area contributed by atoms with Gasteiger partial charge in [-0.05, 0) is 19.8 Å². The van der Waals surface area contributed by atoms with Gasteiger partial charge in [-0.2, -0.15) is 0 Å². The fourth-order valence-corrected chi connectivity index (χ4v) is 2.78. The van der Waals surface area contributed by atoms with Crippen molar-refractivity contribution in [2.45, 2.75) is 58.5 Å². The van der Waals surface area contributed by atoms with E-state index in [1.165, 1.54) is 4.90 Å². The average molecular weight is 279 g/mol. The second-order valence-electron chi connectivity index (χ2n) is 5.34. The zero-order valence-electron chi connectivity index (χ0n) is 12.2. The molecule has 3 amide bonds. The number of carbonyl (C=O) groups is 2. The summed E-state index contributed by atoms with van der Waals surface area (Å²) in [6.45, 7) is 5.97. The fourth-order valence-electron chi connectivity index (χ4n) is 2.78. The van der Waals surface area contributed by atoms with Crippen LogP contribution in [-0.4, -0.2) is 27.5 Å². The number of amides is 3. The lowest BCUT2D eigenvalue weighted by Crippen LogP contribution is -2.46. The predicted molar refractivity (Wildman–Crippen MR) is 72.9 cm³/mol. The molecule has 0 spiro atoms. The summed E-state index contributed by atoms with van der Waals surface area (Å²) in [6.07, 6.45) is 3.03. The first-order chi connectivity index (χ1) is 9.52. The second kappa shape index (κ2) is 5.64. The minimum absolute atomic E-state index is 0.140. The van der Waals surface area contributed by atoms with Gasteiger partial charge in [0.15, 0.2) is 5.76 Å². The van der Waals surface area contributed by atoms with E-state index in [0.29, 0.717) is 18.6 Å². The maximum Gasteiger partial charge on any atom is 0.325 e. The molecule has 1 N–H and O–H groups in total. The van der Waals surface area contributed by atoms with Crippen LogP contribution in [0.3, 0.4) is 0 Å². The number of rotatable bonds is 6. The maximum atomic E-state index is 12.6. The summed E-state index contributed by atoms with van der Waals surface area (Å²) >= 11 is 0. The summed E-state index contributed by atoms with van der Waals surface area (Å²) in [6, 6.07) is 1.39. The van der Waals surface area contributed by atoms with Gasteiger partial charge in [-0.1, -0.05) is 31.8 Å². The van der Waals surface area contributed by atoms with Crippen molar-refractivity contribution in [1.82, 2.24) is 15.4 Å². The Hall–Kier alpha value is -1.85. The minimum Gasteiger partial charge on any atom is -0.359 e. The van der Waals surface area contributed by atoms with Crippen LogP contribution in [0, 0.1) is 6.92 Å². The zero-order chi connectivity index (χ0) is 14.8. The summed E-state index contributed by atoms with van der Waals surface area (Å²) in [7, 11) is 0. The molecule has 0 radical (unpaired) electrons. The van der Waals surface area contributed by atoms with E-state index in [0.717, 1.165) is 18.5 Å². The first-order valence-corrected chi connectivity index (χ1v) is 7.08. The molecule has 1 aromatic rings. The Morgan fingerprint density at radius 2 is 1.95 bits per heavy atom. The quantitative estimate of drug-likeness (QED) is 0.811. The topological polar surface area (TPSA) is 75.4 Å². The molecule has 1 fully saturated rings. The first kappa shape index (κ1) is 14.6. The van der Waals surface area contributed by atoms with Gasteiger partial charge >= 0.3 is 6.03 Å². The molecule has 6 nitrogen and oxygen atoms in total. The van der Waals surface area contributed by atoms with Crippen molar-refractivity contribution < 1.29 is 14.1 Å². The van der Waals surface area contributed by atoms with Gasteiger partial charge in [0.05, 0.1) is 12.2 Å². The van der Waals surface area contributed by atoms with E-state index >= 15 is 0 Å². The Morgan fingerprint density at radius 3 is 2.45 bits per heavy atom. The van der Waals surface area contributed by atoms with E-state index in [9.17, 15) is 9.59 Å². The highest BCUT2D eigenvalue weighted by molar-refractivity contribution is 6.06. The molecule has 2 rings (SSSR count). The van der Waals surface area contributed by atoms with Crippen LogP contribution in [0.5, 0.6) is 0 Å². The summed E-state index contributed by atoms with van der Waals surface area (Å²) in [4.78, 5) is 25.9. The van der Waals surface area contributed by atoms with Gasteiger partial charge in [0.1, 0.15) is 5.54 Å². The molecule has 0 saturated carbocycles. The first-order valence-electron chi connectivity index (χ1n) is 7.08. The third-order valence-corrected chi connectivity index (χ3v) is 3.59. The molecule has 1 aliphatic heterocycles. The highest BCUT2D eigenvalue weighted by atomic mass is 16.5. The van der Waals surface area contributed by atoms with Crippen LogP contribution in [0.1, 0.15) is 51.0 Å². The molecule has 0 unspecified atom stereocenters. The van der Waals surface area contributed by atoms with Crippen LogP contribution in [0.2, 0.25) is 0 Å². The van der Waals surface area contributed by atoms with Crippen molar-refractivity contribution in [2.24, 2.45) is 0 Å². The SMILES string of the molecule is CCCC1(CCC)NC(=O)N(Cc2cc(C)no2)C1=O. The average Bonchev–Trinajstić information content (AvgIpc) is 2.89. The van der Waals surface area contributed by atoms with Crippen molar-refractivity contribution in [2.75, 3.05) is 0 Å². The maximum absolute atomic E-state index is 12.6. The van der Waals surface area contributed by atoms with Crippen molar-refractivity contribution in [3.63, 3.8) is 0 Å². The molecule has 0 atom stereocenters. The number of hydrogen-bond donors (Lipinski definition) is 1. The predicted octanol–water partition coefficient (Wildman–Crippen LogP) is 2.37. The third kappa shape index (κ3) is 2.55. The monoisotopic (exact) mass is 279 g/mol. The molecule has 20 heavy (non-hydrogen) atoms. The molecule has 0 aliphatic carbocycles. The summed E-state index contributed by atoms with van der Waals surface area (Å²) in [5.74, 6) is 0.370. The van der Waals surface area contributed by atoms with Gasteiger partial charge in [-0.25, -0.2) is 4.79 Å². The lowest BCUT2D eigenvalue weighted by Gasteiger charge is -2.25. The van der Waals surface area contributed by atoms with Crippen LogP contribution in [0.25, 0.3) is 0 Å². The normalized spacial score (nSPS) is 17.6. The van der Waals surface area contributed by atoms with Gasteiger partial charge in [0.25, 0.3) is 5.91 Å². The van der Waals surface area contributed by atoms with Gasteiger partial charge in [0, 0.05) is 6.07 Å². The number of imide groups is 1. The number of hydrogen-bond acceptors (Lipinski definition) is 4. The number of carbonyl (C=O) groups excluding carboxylic acids is 2. The molecule has 1 aromatic heterocycles. The van der Waals surface area contributed by atoms with Crippen molar-refractivity contribution in [3.8, 4) is 0 Å². The van der Waals surface area contributed by atoms with E-state index in [1.54, 1.807) is 13.0 Å². The Balaban J connectivity index is 2.18. The van der Waals surface area contributed by atoms with Crippen molar-refractivity contribution >= 4 is 11.9 Å². The molecule has 110 valence electrons.